The van der Waals surface area contributed by atoms with E-state index in [-0.39, 0.29) is 0 Å². The van der Waals surface area contributed by atoms with E-state index < -0.39 is 0 Å². The van der Waals surface area contributed by atoms with Crippen LogP contribution in [0.2, 0.25) is 0 Å². The molecule has 0 amide bonds. The van der Waals surface area contributed by atoms with Crippen LogP contribution in [-0.4, -0.2) is 75.3 Å². The highest BCUT2D eigenvalue weighted by Gasteiger charge is 2.15. The topological polar surface area (TPSA) is 52.1 Å². The van der Waals surface area contributed by atoms with E-state index in [1.54, 1.807) is 0 Å². The van der Waals surface area contributed by atoms with Gasteiger partial charge in [0.1, 0.15) is 0 Å². The van der Waals surface area contributed by atoms with Gasteiger partial charge in [-0.3, -0.25) is 4.90 Å². The number of nitrogens with one attached hydrogen (secondary N) is 2. The van der Waals surface area contributed by atoms with Gasteiger partial charge in [-0.1, -0.05) is 38.1 Å². The lowest BCUT2D eigenvalue weighted by atomic mass is 10.0. The van der Waals surface area contributed by atoms with Gasteiger partial charge in [-0.05, 0) is 44.5 Å². The third kappa shape index (κ3) is 8.72. The third-order valence-electron chi connectivity index (χ3n) is 5.35. The van der Waals surface area contributed by atoms with Crippen LogP contribution in [-0.2, 0) is 17.8 Å². The maximum Gasteiger partial charge on any atom is 0.191 e. The van der Waals surface area contributed by atoms with Crippen LogP contribution in [0.25, 0.3) is 0 Å². The molecule has 0 saturated carbocycles. The highest BCUT2D eigenvalue weighted by atomic mass is 16.5. The van der Waals surface area contributed by atoms with Crippen molar-refractivity contribution in [3.05, 3.63) is 35.4 Å². The molecule has 164 valence electrons. The quantitative estimate of drug-likeness (QED) is 0.464. The van der Waals surface area contributed by atoms with Crippen LogP contribution in [0.15, 0.2) is 29.3 Å². The van der Waals surface area contributed by atoms with E-state index in [1.807, 2.05) is 0 Å². The molecule has 1 atom stereocenters. The summed E-state index contributed by atoms with van der Waals surface area (Å²) in [6.45, 7) is 13.8. The fourth-order valence-corrected chi connectivity index (χ4v) is 3.61. The Morgan fingerprint density at radius 3 is 2.45 bits per heavy atom. The number of ether oxygens (including phenoxy) is 1. The van der Waals surface area contributed by atoms with Crippen molar-refractivity contribution in [2.75, 3.05) is 53.5 Å². The lowest BCUT2D eigenvalue weighted by Gasteiger charge is -2.27. The molecule has 1 saturated heterocycles. The van der Waals surface area contributed by atoms with Crippen LogP contribution in [0.1, 0.15) is 38.3 Å². The molecule has 0 radical (unpaired) electrons. The molecule has 0 bridgehead atoms. The first-order valence-corrected chi connectivity index (χ1v) is 11.0. The Balaban J connectivity index is 2.00. The average molecular weight is 404 g/mol. The summed E-state index contributed by atoms with van der Waals surface area (Å²) in [6, 6.07) is 9.15. The van der Waals surface area contributed by atoms with Crippen molar-refractivity contribution in [3.63, 3.8) is 0 Å². The molecule has 29 heavy (non-hydrogen) atoms. The number of guanidine groups is 1. The normalized spacial score (nSPS) is 17.0. The van der Waals surface area contributed by atoms with E-state index >= 15 is 0 Å². The minimum absolute atomic E-state index is 0.493. The van der Waals surface area contributed by atoms with E-state index in [1.165, 1.54) is 17.5 Å². The highest BCUT2D eigenvalue weighted by Crippen LogP contribution is 2.14. The fourth-order valence-electron chi connectivity index (χ4n) is 3.61. The molecule has 1 aromatic carbocycles. The Morgan fingerprint density at radius 2 is 1.83 bits per heavy atom. The minimum Gasteiger partial charge on any atom is -0.379 e. The van der Waals surface area contributed by atoms with Crippen LogP contribution in [0.5, 0.6) is 0 Å². The Hall–Kier alpha value is -1.63. The fraction of sp³-hybridized carbons (Fsp3) is 0.696. The van der Waals surface area contributed by atoms with Crippen LogP contribution in [0.4, 0.5) is 0 Å². The predicted molar refractivity (Wildman–Crippen MR) is 122 cm³/mol. The second-order valence-corrected chi connectivity index (χ2v) is 8.48. The van der Waals surface area contributed by atoms with E-state index in [0.717, 1.165) is 51.9 Å². The Bertz CT molecular complexity index is 611. The van der Waals surface area contributed by atoms with E-state index in [9.17, 15) is 0 Å². The molecule has 1 fully saturated rings. The van der Waals surface area contributed by atoms with Crippen molar-refractivity contribution in [1.29, 1.82) is 0 Å². The van der Waals surface area contributed by atoms with E-state index in [2.05, 4.69) is 79.6 Å². The van der Waals surface area contributed by atoms with Crippen molar-refractivity contribution in [3.8, 4) is 0 Å². The van der Waals surface area contributed by atoms with Crippen molar-refractivity contribution in [2.24, 2.45) is 10.9 Å². The molecule has 1 aromatic rings. The Kier molecular flexibility index (Phi) is 10.5. The number of morpholine rings is 1. The van der Waals surface area contributed by atoms with Gasteiger partial charge in [0, 0.05) is 38.8 Å². The van der Waals surface area contributed by atoms with Gasteiger partial charge in [0.15, 0.2) is 5.96 Å². The summed E-state index contributed by atoms with van der Waals surface area (Å²) in [5, 5.41) is 6.94. The molecule has 1 unspecified atom stereocenters. The SMILES string of the molecule is CCNC(=NCc1ccccc1CN1CCOCC1)NCC(CC(C)C)N(C)C. The smallest absolute Gasteiger partial charge is 0.191 e. The molecule has 0 aromatic heterocycles. The third-order valence-corrected chi connectivity index (χ3v) is 5.35. The van der Waals surface area contributed by atoms with Crippen LogP contribution in [0.3, 0.4) is 0 Å². The summed E-state index contributed by atoms with van der Waals surface area (Å²) in [5.74, 6) is 1.57. The zero-order valence-electron chi connectivity index (χ0n) is 19.1. The standard InChI is InChI=1S/C23H41N5O/c1-6-24-23(26-17-22(27(4)5)15-19(2)3)25-16-20-9-7-8-10-21(20)18-28-11-13-29-14-12-28/h7-10,19,22H,6,11-18H2,1-5H3,(H2,24,25,26). The lowest BCUT2D eigenvalue weighted by molar-refractivity contribution is 0.0341. The minimum atomic E-state index is 0.493. The number of nitrogens with zero attached hydrogens (tertiary/aromatic N) is 3. The molecule has 0 aliphatic carbocycles. The van der Waals surface area contributed by atoms with Crippen molar-refractivity contribution in [1.82, 2.24) is 20.4 Å². The van der Waals surface area contributed by atoms with Crippen molar-refractivity contribution < 1.29 is 4.74 Å². The van der Waals surface area contributed by atoms with Crippen LogP contribution < -0.4 is 10.6 Å². The monoisotopic (exact) mass is 403 g/mol. The molecule has 1 heterocycles. The first-order chi connectivity index (χ1) is 14.0. The molecular weight excluding hydrogens is 362 g/mol. The molecule has 1 aliphatic rings. The maximum atomic E-state index is 5.48. The molecule has 2 N–H and O–H groups in total. The zero-order chi connectivity index (χ0) is 21.1. The number of hydrogen-bond acceptors (Lipinski definition) is 4. The second-order valence-electron chi connectivity index (χ2n) is 8.48. The summed E-state index contributed by atoms with van der Waals surface area (Å²) < 4.78 is 5.48. The zero-order valence-corrected chi connectivity index (χ0v) is 19.1. The Labute approximate surface area is 177 Å². The number of likely N-dealkylation sites (N-methyl/N-ethyl adjacent to an activating group) is 1. The van der Waals surface area contributed by atoms with Crippen LogP contribution in [0, 0.1) is 5.92 Å². The van der Waals surface area contributed by atoms with Gasteiger partial charge >= 0.3 is 0 Å². The lowest BCUT2D eigenvalue weighted by Crippen LogP contribution is -2.45. The van der Waals surface area contributed by atoms with Gasteiger partial charge in [0.25, 0.3) is 0 Å². The number of aliphatic imine (C=N–C) groups is 1. The van der Waals surface area contributed by atoms with Gasteiger partial charge in [0.05, 0.1) is 19.8 Å². The summed E-state index contributed by atoms with van der Waals surface area (Å²) >= 11 is 0. The number of hydrogen-bond donors (Lipinski definition) is 2. The van der Waals surface area contributed by atoms with E-state index in [0.29, 0.717) is 18.5 Å². The highest BCUT2D eigenvalue weighted by molar-refractivity contribution is 5.79. The Morgan fingerprint density at radius 1 is 1.14 bits per heavy atom. The molecule has 6 nitrogen and oxygen atoms in total. The van der Waals surface area contributed by atoms with Gasteiger partial charge in [-0.15, -0.1) is 0 Å². The van der Waals surface area contributed by atoms with Gasteiger partial charge in [0.2, 0.25) is 0 Å². The average Bonchev–Trinajstić information content (AvgIpc) is 2.70. The first kappa shape index (κ1) is 23.6. The molecule has 0 spiro atoms. The number of rotatable bonds is 10. The predicted octanol–water partition coefficient (Wildman–Crippen LogP) is 2.55. The van der Waals surface area contributed by atoms with Gasteiger partial charge in [-0.2, -0.15) is 0 Å². The van der Waals surface area contributed by atoms with Gasteiger partial charge < -0.3 is 20.3 Å². The molecule has 2 rings (SSSR count). The van der Waals surface area contributed by atoms with Crippen LogP contribution >= 0.6 is 0 Å². The largest absolute Gasteiger partial charge is 0.379 e. The summed E-state index contributed by atoms with van der Waals surface area (Å²) in [6.07, 6.45) is 1.17. The van der Waals surface area contributed by atoms with Crippen molar-refractivity contribution >= 4 is 5.96 Å². The van der Waals surface area contributed by atoms with E-state index in [4.69, 9.17) is 9.73 Å². The second kappa shape index (κ2) is 12.8. The summed E-state index contributed by atoms with van der Waals surface area (Å²) in [4.78, 5) is 9.64. The summed E-state index contributed by atoms with van der Waals surface area (Å²) in [5.41, 5.74) is 2.66. The number of benzene rings is 1. The van der Waals surface area contributed by atoms with Gasteiger partial charge in [-0.25, -0.2) is 4.99 Å². The molecule has 6 heteroatoms. The van der Waals surface area contributed by atoms with Crippen molar-refractivity contribution in [2.45, 2.75) is 46.3 Å². The first-order valence-electron chi connectivity index (χ1n) is 11.0. The summed E-state index contributed by atoms with van der Waals surface area (Å²) in [7, 11) is 4.31. The molecule has 1 aliphatic heterocycles. The maximum absolute atomic E-state index is 5.48. The molecular formula is C23H41N5O.